The van der Waals surface area contributed by atoms with E-state index in [4.69, 9.17) is 4.74 Å². The molecule has 0 saturated heterocycles. The number of carbonyl (C=O) groups excluding carboxylic acids is 1. The van der Waals surface area contributed by atoms with Crippen LogP contribution in [0.25, 0.3) is 0 Å². The molecule has 0 aromatic heterocycles. The second kappa shape index (κ2) is 5.05. The van der Waals surface area contributed by atoms with Crippen molar-refractivity contribution in [2.24, 2.45) is 5.92 Å². The van der Waals surface area contributed by atoms with Crippen LogP contribution in [-0.4, -0.2) is 29.4 Å². The number of aliphatic hydroxyl groups is 1. The third kappa shape index (κ3) is 5.87. The minimum Gasteiger partial charge on any atom is -0.356 e. The first kappa shape index (κ1) is 12.6. The lowest BCUT2D eigenvalue weighted by molar-refractivity contribution is -0.185. The molecule has 1 fully saturated rings. The molecule has 2 N–H and O–H groups in total. The van der Waals surface area contributed by atoms with Gasteiger partial charge >= 0.3 is 0 Å². The first-order chi connectivity index (χ1) is 6.90. The number of nitrogens with one attached hydrogen (secondary N) is 1. The fraction of sp³-hybridized carbons (Fsp3) is 0.909. The molecule has 1 saturated carbocycles. The highest BCUT2D eigenvalue weighted by Gasteiger charge is 2.27. The standard InChI is InChI=1S/C11H21NO3/c1-11(2,3)15-10(14)12-9(7-13)6-8-4-5-8/h7-10,12,14H,4-6H2,1-3H3/t9-,10?/m0/s1. The fourth-order valence-corrected chi connectivity index (χ4v) is 1.43. The average molecular weight is 215 g/mol. The quantitative estimate of drug-likeness (QED) is 0.513. The minimum absolute atomic E-state index is 0.296. The molecule has 1 rings (SSSR count). The molecule has 1 aliphatic carbocycles. The van der Waals surface area contributed by atoms with Crippen molar-refractivity contribution >= 4 is 6.29 Å². The van der Waals surface area contributed by atoms with Gasteiger partial charge in [0.15, 0.2) is 0 Å². The zero-order valence-corrected chi connectivity index (χ0v) is 9.69. The maximum Gasteiger partial charge on any atom is 0.214 e. The smallest absolute Gasteiger partial charge is 0.214 e. The van der Waals surface area contributed by atoms with Crippen LogP contribution < -0.4 is 5.32 Å². The predicted octanol–water partition coefficient (Wildman–Crippen LogP) is 1.03. The van der Waals surface area contributed by atoms with Crippen LogP contribution in [0.4, 0.5) is 0 Å². The Hall–Kier alpha value is -0.450. The summed E-state index contributed by atoms with van der Waals surface area (Å²) in [5.74, 6) is 0.648. The van der Waals surface area contributed by atoms with Crippen molar-refractivity contribution in [3.63, 3.8) is 0 Å². The molecule has 4 heteroatoms. The van der Waals surface area contributed by atoms with E-state index >= 15 is 0 Å². The van der Waals surface area contributed by atoms with E-state index in [0.717, 1.165) is 12.7 Å². The summed E-state index contributed by atoms with van der Waals surface area (Å²) < 4.78 is 5.26. The number of aliphatic hydroxyl groups excluding tert-OH is 1. The van der Waals surface area contributed by atoms with Crippen molar-refractivity contribution in [1.82, 2.24) is 5.32 Å². The van der Waals surface area contributed by atoms with Gasteiger partial charge < -0.3 is 14.6 Å². The van der Waals surface area contributed by atoms with Crippen LogP contribution in [0.3, 0.4) is 0 Å². The number of hydrogen-bond donors (Lipinski definition) is 2. The lowest BCUT2D eigenvalue weighted by atomic mass is 10.1. The Balaban J connectivity index is 2.26. The third-order valence-corrected chi connectivity index (χ3v) is 2.27. The lowest BCUT2D eigenvalue weighted by Gasteiger charge is -2.26. The summed E-state index contributed by atoms with van der Waals surface area (Å²) in [7, 11) is 0. The van der Waals surface area contributed by atoms with Crippen LogP contribution >= 0.6 is 0 Å². The van der Waals surface area contributed by atoms with Crippen molar-refractivity contribution in [3.05, 3.63) is 0 Å². The van der Waals surface area contributed by atoms with Crippen LogP contribution in [0.5, 0.6) is 0 Å². The highest BCUT2D eigenvalue weighted by Crippen LogP contribution is 2.33. The van der Waals surface area contributed by atoms with Crippen LogP contribution in [0.1, 0.15) is 40.0 Å². The van der Waals surface area contributed by atoms with Gasteiger partial charge in [0, 0.05) is 0 Å². The first-order valence-electron chi connectivity index (χ1n) is 5.48. The molecular weight excluding hydrogens is 194 g/mol. The molecular formula is C11H21NO3. The zero-order chi connectivity index (χ0) is 11.5. The number of carbonyl (C=O) groups is 1. The van der Waals surface area contributed by atoms with E-state index in [1.807, 2.05) is 20.8 Å². The van der Waals surface area contributed by atoms with Gasteiger partial charge in [0.1, 0.15) is 6.29 Å². The van der Waals surface area contributed by atoms with Gasteiger partial charge in [0.05, 0.1) is 11.6 Å². The van der Waals surface area contributed by atoms with Crippen LogP contribution in [0, 0.1) is 5.92 Å². The molecule has 0 aliphatic heterocycles. The van der Waals surface area contributed by atoms with Crippen molar-refractivity contribution < 1.29 is 14.6 Å². The highest BCUT2D eigenvalue weighted by atomic mass is 16.6. The van der Waals surface area contributed by atoms with Gasteiger partial charge in [-0.05, 0) is 33.1 Å². The summed E-state index contributed by atoms with van der Waals surface area (Å²) in [5, 5.41) is 12.3. The molecule has 4 nitrogen and oxygen atoms in total. The molecule has 0 aromatic carbocycles. The monoisotopic (exact) mass is 215 g/mol. The van der Waals surface area contributed by atoms with Gasteiger partial charge in [0.25, 0.3) is 0 Å². The van der Waals surface area contributed by atoms with Crippen molar-refractivity contribution in [1.29, 1.82) is 0 Å². The molecule has 88 valence electrons. The predicted molar refractivity (Wildman–Crippen MR) is 57.2 cm³/mol. The second-order valence-electron chi connectivity index (χ2n) is 5.17. The van der Waals surface area contributed by atoms with Gasteiger partial charge in [-0.3, -0.25) is 5.32 Å². The second-order valence-corrected chi connectivity index (χ2v) is 5.17. The first-order valence-corrected chi connectivity index (χ1v) is 5.48. The van der Waals surface area contributed by atoms with Crippen LogP contribution in [0.15, 0.2) is 0 Å². The maximum absolute atomic E-state index is 10.7. The summed E-state index contributed by atoms with van der Waals surface area (Å²) >= 11 is 0. The Kier molecular flexibility index (Phi) is 4.25. The van der Waals surface area contributed by atoms with Gasteiger partial charge in [-0.25, -0.2) is 0 Å². The number of ether oxygens (including phenoxy) is 1. The van der Waals surface area contributed by atoms with E-state index in [-0.39, 0.29) is 6.04 Å². The molecule has 2 atom stereocenters. The Bertz CT molecular complexity index is 208. The summed E-state index contributed by atoms with van der Waals surface area (Å²) in [6.07, 6.45) is 2.96. The van der Waals surface area contributed by atoms with E-state index in [2.05, 4.69) is 5.32 Å². The van der Waals surface area contributed by atoms with E-state index in [9.17, 15) is 9.90 Å². The normalized spacial score (nSPS) is 21.1. The summed E-state index contributed by atoms with van der Waals surface area (Å²) in [6.45, 7) is 5.57. The molecule has 15 heavy (non-hydrogen) atoms. The Morgan fingerprint density at radius 3 is 2.53 bits per heavy atom. The van der Waals surface area contributed by atoms with Gasteiger partial charge in [0.2, 0.25) is 6.41 Å². The highest BCUT2D eigenvalue weighted by molar-refractivity contribution is 5.57. The minimum atomic E-state index is -1.07. The van der Waals surface area contributed by atoms with E-state index in [1.165, 1.54) is 12.8 Å². The molecule has 0 heterocycles. The summed E-state index contributed by atoms with van der Waals surface area (Å²) in [6, 6.07) is -0.296. The van der Waals surface area contributed by atoms with Crippen molar-refractivity contribution in [2.75, 3.05) is 0 Å². The maximum atomic E-state index is 10.7. The summed E-state index contributed by atoms with van der Waals surface area (Å²) in [4.78, 5) is 10.7. The van der Waals surface area contributed by atoms with E-state index < -0.39 is 12.0 Å². The third-order valence-electron chi connectivity index (χ3n) is 2.27. The molecule has 0 spiro atoms. The number of aldehydes is 1. The average Bonchev–Trinajstić information content (AvgIpc) is 2.83. The van der Waals surface area contributed by atoms with Gasteiger partial charge in [-0.15, -0.1) is 0 Å². The SMILES string of the molecule is CC(C)(C)OC(O)N[C@H](C=O)CC1CC1. The lowest BCUT2D eigenvalue weighted by Crippen LogP contribution is -2.44. The Labute approximate surface area is 91.0 Å². The number of hydrogen-bond acceptors (Lipinski definition) is 4. The molecule has 1 aliphatic rings. The van der Waals surface area contributed by atoms with E-state index in [0.29, 0.717) is 5.92 Å². The Morgan fingerprint density at radius 1 is 1.53 bits per heavy atom. The van der Waals surface area contributed by atoms with Gasteiger partial charge in [-0.2, -0.15) is 0 Å². The molecule has 0 aromatic rings. The Morgan fingerprint density at radius 2 is 2.13 bits per heavy atom. The topological polar surface area (TPSA) is 58.6 Å². The summed E-state index contributed by atoms with van der Waals surface area (Å²) in [5.41, 5.74) is -0.417. The molecule has 0 radical (unpaired) electrons. The molecule has 0 bridgehead atoms. The van der Waals surface area contributed by atoms with Crippen molar-refractivity contribution in [2.45, 2.75) is 58.1 Å². The molecule has 1 unspecified atom stereocenters. The van der Waals surface area contributed by atoms with E-state index in [1.54, 1.807) is 0 Å². The number of rotatable bonds is 6. The largest absolute Gasteiger partial charge is 0.356 e. The zero-order valence-electron chi connectivity index (χ0n) is 9.69. The molecule has 0 amide bonds. The van der Waals surface area contributed by atoms with Crippen LogP contribution in [-0.2, 0) is 9.53 Å². The van der Waals surface area contributed by atoms with Gasteiger partial charge in [-0.1, -0.05) is 12.8 Å². The fourth-order valence-electron chi connectivity index (χ4n) is 1.43. The van der Waals surface area contributed by atoms with Crippen molar-refractivity contribution in [3.8, 4) is 0 Å². The van der Waals surface area contributed by atoms with Crippen LogP contribution in [0.2, 0.25) is 0 Å².